The molecule has 0 saturated heterocycles. The molecule has 2 rings (SSSR count). The molecule has 0 aromatic carbocycles. The summed E-state index contributed by atoms with van der Waals surface area (Å²) in [6, 6.07) is 4.94. The van der Waals surface area contributed by atoms with Gasteiger partial charge in [0.15, 0.2) is 0 Å². The molecular formula is C9H7BrN2O2. The Morgan fingerprint density at radius 1 is 1.43 bits per heavy atom. The third-order valence-electron chi connectivity index (χ3n) is 1.77. The highest BCUT2D eigenvalue weighted by atomic mass is 79.9. The van der Waals surface area contributed by atoms with Crippen LogP contribution in [0.4, 0.5) is 0 Å². The van der Waals surface area contributed by atoms with Crippen LogP contribution in [-0.2, 0) is 6.54 Å². The number of rotatable bonds is 2. The van der Waals surface area contributed by atoms with Gasteiger partial charge in [-0.25, -0.2) is 0 Å². The molecule has 0 N–H and O–H groups in total. The van der Waals surface area contributed by atoms with Gasteiger partial charge in [-0.3, -0.25) is 4.79 Å². The first kappa shape index (κ1) is 9.21. The predicted octanol–water partition coefficient (Wildman–Crippen LogP) is 1.65. The standard InChI is InChI=1S/C9H7BrN2O2/c10-7-1-2-9(13)12(5-7)6-8-3-4-14-11-8/h1-5H,6H2. The Morgan fingerprint density at radius 3 is 3.00 bits per heavy atom. The molecule has 2 heterocycles. The van der Waals surface area contributed by atoms with Gasteiger partial charge in [0, 0.05) is 22.8 Å². The first-order valence-electron chi connectivity index (χ1n) is 4.01. The minimum atomic E-state index is -0.0591. The van der Waals surface area contributed by atoms with Crippen molar-refractivity contribution in [2.24, 2.45) is 0 Å². The lowest BCUT2D eigenvalue weighted by Crippen LogP contribution is -2.18. The summed E-state index contributed by atoms with van der Waals surface area (Å²) in [5.74, 6) is 0. The van der Waals surface area contributed by atoms with E-state index in [0.29, 0.717) is 6.54 Å². The molecule has 0 aliphatic heterocycles. The van der Waals surface area contributed by atoms with Crippen molar-refractivity contribution in [2.45, 2.75) is 6.54 Å². The number of pyridine rings is 1. The molecule has 0 amide bonds. The zero-order chi connectivity index (χ0) is 9.97. The van der Waals surface area contributed by atoms with E-state index in [1.807, 2.05) is 0 Å². The van der Waals surface area contributed by atoms with Crippen LogP contribution in [0.15, 0.2) is 44.4 Å². The van der Waals surface area contributed by atoms with Crippen molar-refractivity contribution in [2.75, 3.05) is 0 Å². The average Bonchev–Trinajstić information content (AvgIpc) is 2.64. The second-order valence-corrected chi connectivity index (χ2v) is 3.72. The molecule has 0 unspecified atom stereocenters. The SMILES string of the molecule is O=c1ccc(Br)cn1Cc1ccon1. The summed E-state index contributed by atoms with van der Waals surface area (Å²) >= 11 is 3.30. The van der Waals surface area contributed by atoms with Gasteiger partial charge in [-0.15, -0.1) is 0 Å². The van der Waals surface area contributed by atoms with E-state index >= 15 is 0 Å². The van der Waals surface area contributed by atoms with E-state index in [-0.39, 0.29) is 5.56 Å². The highest BCUT2D eigenvalue weighted by molar-refractivity contribution is 9.10. The quantitative estimate of drug-likeness (QED) is 0.819. The summed E-state index contributed by atoms with van der Waals surface area (Å²) in [6.45, 7) is 0.425. The second kappa shape index (κ2) is 3.79. The van der Waals surface area contributed by atoms with Gasteiger partial charge in [0.25, 0.3) is 5.56 Å². The molecule has 72 valence electrons. The Labute approximate surface area is 88.3 Å². The van der Waals surface area contributed by atoms with Crippen molar-refractivity contribution in [1.29, 1.82) is 0 Å². The van der Waals surface area contributed by atoms with Gasteiger partial charge in [-0.2, -0.15) is 0 Å². The predicted molar refractivity (Wildman–Crippen MR) is 54.0 cm³/mol. The molecule has 5 heteroatoms. The first-order chi connectivity index (χ1) is 6.75. The molecule has 14 heavy (non-hydrogen) atoms. The topological polar surface area (TPSA) is 48.0 Å². The van der Waals surface area contributed by atoms with Crippen LogP contribution in [0.2, 0.25) is 0 Å². The van der Waals surface area contributed by atoms with Gasteiger partial charge in [-0.05, 0) is 22.0 Å². The Hall–Kier alpha value is -1.36. The van der Waals surface area contributed by atoms with Crippen LogP contribution in [0.1, 0.15) is 5.69 Å². The number of hydrogen-bond donors (Lipinski definition) is 0. The summed E-state index contributed by atoms with van der Waals surface area (Å²) in [4.78, 5) is 11.4. The van der Waals surface area contributed by atoms with E-state index < -0.39 is 0 Å². The highest BCUT2D eigenvalue weighted by Crippen LogP contribution is 2.06. The van der Waals surface area contributed by atoms with Gasteiger partial charge in [0.1, 0.15) is 12.0 Å². The van der Waals surface area contributed by atoms with Crippen LogP contribution in [0.3, 0.4) is 0 Å². The Balaban J connectivity index is 2.33. The third kappa shape index (κ3) is 1.93. The van der Waals surface area contributed by atoms with E-state index in [0.717, 1.165) is 10.2 Å². The van der Waals surface area contributed by atoms with E-state index in [1.165, 1.54) is 12.3 Å². The number of halogens is 1. The van der Waals surface area contributed by atoms with Gasteiger partial charge >= 0.3 is 0 Å². The second-order valence-electron chi connectivity index (χ2n) is 2.80. The maximum atomic E-state index is 11.4. The number of aromatic nitrogens is 2. The summed E-state index contributed by atoms with van der Waals surface area (Å²) in [5.41, 5.74) is 0.668. The molecule has 0 fully saturated rings. The summed E-state index contributed by atoms with van der Waals surface area (Å²) in [5, 5.41) is 3.73. The van der Waals surface area contributed by atoms with Crippen molar-refractivity contribution in [3.8, 4) is 0 Å². The molecule has 0 aliphatic rings. The maximum absolute atomic E-state index is 11.4. The normalized spacial score (nSPS) is 10.4. The van der Waals surface area contributed by atoms with Crippen LogP contribution < -0.4 is 5.56 Å². The highest BCUT2D eigenvalue weighted by Gasteiger charge is 2.00. The van der Waals surface area contributed by atoms with Crippen LogP contribution in [0.25, 0.3) is 0 Å². The molecule has 2 aromatic rings. The zero-order valence-electron chi connectivity index (χ0n) is 7.18. The largest absolute Gasteiger partial charge is 0.364 e. The van der Waals surface area contributed by atoms with E-state index in [1.54, 1.807) is 22.9 Å². The van der Waals surface area contributed by atoms with E-state index in [4.69, 9.17) is 0 Å². The van der Waals surface area contributed by atoms with E-state index in [2.05, 4.69) is 25.6 Å². The van der Waals surface area contributed by atoms with Crippen molar-refractivity contribution in [1.82, 2.24) is 9.72 Å². The molecule has 0 atom stereocenters. The van der Waals surface area contributed by atoms with Gasteiger partial charge in [0.05, 0.1) is 6.54 Å². The first-order valence-corrected chi connectivity index (χ1v) is 4.80. The summed E-state index contributed by atoms with van der Waals surface area (Å²) in [7, 11) is 0. The van der Waals surface area contributed by atoms with Crippen LogP contribution in [0, 0.1) is 0 Å². The lowest BCUT2D eigenvalue weighted by molar-refractivity contribution is 0.409. The van der Waals surface area contributed by atoms with Crippen LogP contribution in [0.5, 0.6) is 0 Å². The molecular weight excluding hydrogens is 248 g/mol. The third-order valence-corrected chi connectivity index (χ3v) is 2.24. The van der Waals surface area contributed by atoms with Crippen molar-refractivity contribution >= 4 is 15.9 Å². The van der Waals surface area contributed by atoms with Crippen LogP contribution >= 0.6 is 15.9 Å². The number of nitrogens with zero attached hydrogens (tertiary/aromatic N) is 2. The maximum Gasteiger partial charge on any atom is 0.250 e. The molecule has 0 bridgehead atoms. The van der Waals surface area contributed by atoms with Gasteiger partial charge < -0.3 is 9.09 Å². The average molecular weight is 255 g/mol. The molecule has 0 radical (unpaired) electrons. The molecule has 4 nitrogen and oxygen atoms in total. The fraction of sp³-hybridized carbons (Fsp3) is 0.111. The number of hydrogen-bond acceptors (Lipinski definition) is 3. The lowest BCUT2D eigenvalue weighted by atomic mass is 10.4. The van der Waals surface area contributed by atoms with Crippen molar-refractivity contribution in [3.05, 3.63) is 51.2 Å². The van der Waals surface area contributed by atoms with Gasteiger partial charge in [0.2, 0.25) is 0 Å². The van der Waals surface area contributed by atoms with Crippen molar-refractivity contribution < 1.29 is 4.52 Å². The zero-order valence-corrected chi connectivity index (χ0v) is 8.77. The Morgan fingerprint density at radius 2 is 2.29 bits per heavy atom. The van der Waals surface area contributed by atoms with Crippen LogP contribution in [-0.4, -0.2) is 9.72 Å². The monoisotopic (exact) mass is 254 g/mol. The Kier molecular flexibility index (Phi) is 2.49. The minimum Gasteiger partial charge on any atom is -0.364 e. The summed E-state index contributed by atoms with van der Waals surface area (Å²) in [6.07, 6.45) is 3.20. The fourth-order valence-electron chi connectivity index (χ4n) is 1.12. The molecule has 0 saturated carbocycles. The van der Waals surface area contributed by atoms with E-state index in [9.17, 15) is 4.79 Å². The Bertz CT molecular complexity index is 476. The summed E-state index contributed by atoms with van der Waals surface area (Å²) < 4.78 is 7.10. The van der Waals surface area contributed by atoms with Crippen molar-refractivity contribution in [3.63, 3.8) is 0 Å². The fourth-order valence-corrected chi connectivity index (χ4v) is 1.50. The lowest BCUT2D eigenvalue weighted by Gasteiger charge is -2.01. The minimum absolute atomic E-state index is 0.0591. The molecule has 0 aliphatic carbocycles. The van der Waals surface area contributed by atoms with Gasteiger partial charge in [-0.1, -0.05) is 5.16 Å². The molecule has 0 spiro atoms. The smallest absolute Gasteiger partial charge is 0.250 e. The molecule has 2 aromatic heterocycles.